The molecule has 1 saturated heterocycles. The van der Waals surface area contributed by atoms with Gasteiger partial charge in [0.05, 0.1) is 0 Å². The maximum absolute atomic E-state index is 6.14. The standard InChI is InChI=1S/C15H19ClN4/c1-10-8-20(9-13(10)19(2)3)15-12-7-5-4-6-11(12)14(16)17-18-15/h4-7,10,13H,8-9H2,1-3H3. The van der Waals surface area contributed by atoms with Crippen LogP contribution in [0.15, 0.2) is 24.3 Å². The Morgan fingerprint density at radius 3 is 2.50 bits per heavy atom. The van der Waals surface area contributed by atoms with Crippen molar-refractivity contribution in [2.45, 2.75) is 13.0 Å². The highest BCUT2D eigenvalue weighted by Gasteiger charge is 2.32. The first kappa shape index (κ1) is 13.6. The molecule has 0 bridgehead atoms. The maximum atomic E-state index is 6.14. The van der Waals surface area contributed by atoms with Gasteiger partial charge in [0.15, 0.2) is 11.0 Å². The van der Waals surface area contributed by atoms with Gasteiger partial charge in [-0.15, -0.1) is 10.2 Å². The van der Waals surface area contributed by atoms with E-state index in [-0.39, 0.29) is 0 Å². The van der Waals surface area contributed by atoms with Crippen molar-refractivity contribution < 1.29 is 0 Å². The number of rotatable bonds is 2. The average molecular weight is 291 g/mol. The van der Waals surface area contributed by atoms with Crippen molar-refractivity contribution in [3.63, 3.8) is 0 Å². The van der Waals surface area contributed by atoms with Crippen LogP contribution in [0.1, 0.15) is 6.92 Å². The molecule has 0 saturated carbocycles. The quantitative estimate of drug-likeness (QED) is 0.851. The summed E-state index contributed by atoms with van der Waals surface area (Å²) in [6.07, 6.45) is 0. The van der Waals surface area contributed by atoms with Crippen molar-refractivity contribution in [1.82, 2.24) is 15.1 Å². The Bertz CT molecular complexity index is 628. The molecule has 20 heavy (non-hydrogen) atoms. The number of anilines is 1. The lowest BCUT2D eigenvalue weighted by atomic mass is 10.1. The molecule has 5 heteroatoms. The molecule has 106 valence electrons. The Hall–Kier alpha value is -1.39. The molecule has 0 aliphatic carbocycles. The highest BCUT2D eigenvalue weighted by atomic mass is 35.5. The lowest BCUT2D eigenvalue weighted by molar-refractivity contribution is 0.266. The number of fused-ring (bicyclic) bond motifs is 1. The van der Waals surface area contributed by atoms with Crippen LogP contribution in [-0.4, -0.2) is 48.3 Å². The minimum Gasteiger partial charge on any atom is -0.353 e. The molecule has 3 rings (SSSR count). The molecule has 2 atom stereocenters. The largest absolute Gasteiger partial charge is 0.353 e. The summed E-state index contributed by atoms with van der Waals surface area (Å²) in [7, 11) is 4.27. The van der Waals surface area contributed by atoms with Gasteiger partial charge in [0, 0.05) is 29.9 Å². The molecule has 1 aliphatic rings. The Kier molecular flexibility index (Phi) is 3.52. The second-order valence-corrected chi connectivity index (χ2v) is 6.13. The van der Waals surface area contributed by atoms with Crippen molar-refractivity contribution >= 4 is 28.2 Å². The number of benzene rings is 1. The van der Waals surface area contributed by atoms with E-state index < -0.39 is 0 Å². The highest BCUT2D eigenvalue weighted by Crippen LogP contribution is 2.32. The summed E-state index contributed by atoms with van der Waals surface area (Å²) in [4.78, 5) is 4.61. The van der Waals surface area contributed by atoms with Gasteiger partial charge in [-0.05, 0) is 20.0 Å². The zero-order valence-electron chi connectivity index (χ0n) is 12.0. The fourth-order valence-corrected chi connectivity index (χ4v) is 3.29. The first-order valence-corrected chi connectivity index (χ1v) is 7.28. The molecule has 0 N–H and O–H groups in total. The van der Waals surface area contributed by atoms with E-state index in [1.165, 1.54) is 0 Å². The smallest absolute Gasteiger partial charge is 0.159 e. The second kappa shape index (κ2) is 5.19. The van der Waals surface area contributed by atoms with E-state index in [0.29, 0.717) is 17.1 Å². The molecular formula is C15H19ClN4. The van der Waals surface area contributed by atoms with Gasteiger partial charge < -0.3 is 9.80 Å². The number of hydrogen-bond donors (Lipinski definition) is 0. The summed E-state index contributed by atoms with van der Waals surface area (Å²) in [6.45, 7) is 4.27. The Morgan fingerprint density at radius 2 is 1.85 bits per heavy atom. The molecule has 1 aromatic heterocycles. The van der Waals surface area contributed by atoms with Crippen LogP contribution >= 0.6 is 11.6 Å². The highest BCUT2D eigenvalue weighted by molar-refractivity contribution is 6.34. The third-order valence-corrected chi connectivity index (χ3v) is 4.44. The van der Waals surface area contributed by atoms with E-state index in [2.05, 4.69) is 47.1 Å². The molecule has 1 fully saturated rings. The van der Waals surface area contributed by atoms with Gasteiger partial charge in [0.2, 0.25) is 0 Å². The zero-order chi connectivity index (χ0) is 14.3. The molecule has 2 unspecified atom stereocenters. The van der Waals surface area contributed by atoms with E-state index in [1.54, 1.807) is 0 Å². The van der Waals surface area contributed by atoms with Gasteiger partial charge in [-0.25, -0.2) is 0 Å². The van der Waals surface area contributed by atoms with Gasteiger partial charge >= 0.3 is 0 Å². The van der Waals surface area contributed by atoms with Gasteiger partial charge in [-0.2, -0.15) is 0 Å². The van der Waals surface area contributed by atoms with Gasteiger partial charge in [0.25, 0.3) is 0 Å². The minimum atomic E-state index is 0.473. The maximum Gasteiger partial charge on any atom is 0.159 e. The number of likely N-dealkylation sites (N-methyl/N-ethyl adjacent to an activating group) is 1. The molecule has 0 amide bonds. The van der Waals surface area contributed by atoms with Crippen molar-refractivity contribution in [1.29, 1.82) is 0 Å². The van der Waals surface area contributed by atoms with E-state index in [9.17, 15) is 0 Å². The predicted molar refractivity (Wildman–Crippen MR) is 83.4 cm³/mol. The van der Waals surface area contributed by atoms with Crippen LogP contribution in [0.2, 0.25) is 5.15 Å². The first-order chi connectivity index (χ1) is 9.58. The third-order valence-electron chi connectivity index (χ3n) is 4.16. The number of halogens is 1. The van der Waals surface area contributed by atoms with Gasteiger partial charge in [-0.3, -0.25) is 0 Å². The molecule has 0 spiro atoms. The average Bonchev–Trinajstić information content (AvgIpc) is 2.81. The number of nitrogens with zero attached hydrogens (tertiary/aromatic N) is 4. The van der Waals surface area contributed by atoms with Crippen LogP contribution in [0, 0.1) is 5.92 Å². The van der Waals surface area contributed by atoms with E-state index >= 15 is 0 Å². The summed E-state index contributed by atoms with van der Waals surface area (Å²) >= 11 is 6.14. The first-order valence-electron chi connectivity index (χ1n) is 6.90. The predicted octanol–water partition coefficient (Wildman–Crippen LogP) is 2.67. The summed E-state index contributed by atoms with van der Waals surface area (Å²) < 4.78 is 0. The Labute approximate surface area is 124 Å². The molecule has 1 aliphatic heterocycles. The van der Waals surface area contributed by atoms with E-state index in [4.69, 9.17) is 11.6 Å². The summed E-state index contributed by atoms with van der Waals surface area (Å²) in [5, 5.41) is 11.0. The molecule has 2 aromatic rings. The number of aromatic nitrogens is 2. The van der Waals surface area contributed by atoms with Crippen LogP contribution in [0.25, 0.3) is 10.8 Å². The molecule has 1 aromatic carbocycles. The van der Waals surface area contributed by atoms with Gasteiger partial charge in [-0.1, -0.05) is 42.8 Å². The van der Waals surface area contributed by atoms with Crippen LogP contribution in [0.5, 0.6) is 0 Å². The van der Waals surface area contributed by atoms with Crippen LogP contribution in [0.4, 0.5) is 5.82 Å². The zero-order valence-corrected chi connectivity index (χ0v) is 12.8. The monoisotopic (exact) mass is 290 g/mol. The van der Waals surface area contributed by atoms with Crippen LogP contribution in [0.3, 0.4) is 0 Å². The van der Waals surface area contributed by atoms with Crippen LogP contribution < -0.4 is 4.90 Å². The third kappa shape index (κ3) is 2.23. The normalized spacial score (nSPS) is 22.9. The van der Waals surface area contributed by atoms with Crippen LogP contribution in [-0.2, 0) is 0 Å². The summed E-state index contributed by atoms with van der Waals surface area (Å²) in [5.41, 5.74) is 0. The van der Waals surface area contributed by atoms with Gasteiger partial charge in [0.1, 0.15) is 0 Å². The SMILES string of the molecule is CC1CN(c2nnc(Cl)c3ccccc23)CC1N(C)C. The van der Waals surface area contributed by atoms with E-state index in [1.807, 2.05) is 18.2 Å². The van der Waals surface area contributed by atoms with Crippen molar-refractivity contribution in [2.24, 2.45) is 5.92 Å². The molecule has 0 radical (unpaired) electrons. The minimum absolute atomic E-state index is 0.473. The fraction of sp³-hybridized carbons (Fsp3) is 0.467. The topological polar surface area (TPSA) is 32.3 Å². The van der Waals surface area contributed by atoms with Crippen molar-refractivity contribution in [2.75, 3.05) is 32.1 Å². The van der Waals surface area contributed by atoms with Crippen molar-refractivity contribution in [3.05, 3.63) is 29.4 Å². The molecular weight excluding hydrogens is 272 g/mol. The lowest BCUT2D eigenvalue weighted by Gasteiger charge is -2.23. The molecule has 4 nitrogen and oxygen atoms in total. The van der Waals surface area contributed by atoms with E-state index in [0.717, 1.165) is 29.7 Å². The summed E-state index contributed by atoms with van der Waals surface area (Å²) in [6, 6.07) is 8.62. The second-order valence-electron chi connectivity index (χ2n) is 5.77. The fourth-order valence-electron chi connectivity index (χ4n) is 3.09. The Balaban J connectivity index is 2.02. The Morgan fingerprint density at radius 1 is 1.15 bits per heavy atom. The van der Waals surface area contributed by atoms with Crippen molar-refractivity contribution in [3.8, 4) is 0 Å². The molecule has 2 heterocycles. The number of hydrogen-bond acceptors (Lipinski definition) is 4. The lowest BCUT2D eigenvalue weighted by Crippen LogP contribution is -2.34. The summed E-state index contributed by atoms with van der Waals surface area (Å²) in [5.74, 6) is 1.56.